The van der Waals surface area contributed by atoms with E-state index in [1.165, 1.54) is 25.7 Å². The predicted molar refractivity (Wildman–Crippen MR) is 101 cm³/mol. The second kappa shape index (κ2) is 8.89. The molecule has 0 spiro atoms. The molecule has 6 nitrogen and oxygen atoms in total. The van der Waals surface area contributed by atoms with Crippen LogP contribution in [-0.4, -0.2) is 39.6 Å². The van der Waals surface area contributed by atoms with E-state index in [2.05, 4.69) is 15.7 Å². The van der Waals surface area contributed by atoms with E-state index >= 15 is 0 Å². The maximum atomic E-state index is 12.8. The SMILES string of the molecule is O=C(CCl)NCC1(NC(=O)c2cnn(C3CCCCC3)c2)CCCCC1. The number of hydrogen-bond donors (Lipinski definition) is 2. The Morgan fingerprint density at radius 2 is 1.85 bits per heavy atom. The number of hydrogen-bond acceptors (Lipinski definition) is 3. The van der Waals surface area contributed by atoms with Crippen LogP contribution in [0.15, 0.2) is 12.4 Å². The maximum absolute atomic E-state index is 12.8. The molecule has 0 saturated heterocycles. The number of rotatable bonds is 6. The zero-order valence-electron chi connectivity index (χ0n) is 15.3. The van der Waals surface area contributed by atoms with Gasteiger partial charge in [-0.25, -0.2) is 0 Å². The second-order valence-electron chi connectivity index (χ2n) is 7.71. The summed E-state index contributed by atoms with van der Waals surface area (Å²) >= 11 is 5.58. The largest absolute Gasteiger partial charge is 0.353 e. The lowest BCUT2D eigenvalue weighted by Gasteiger charge is -2.38. The van der Waals surface area contributed by atoms with Gasteiger partial charge in [-0.15, -0.1) is 11.6 Å². The molecule has 0 radical (unpaired) electrons. The fourth-order valence-corrected chi connectivity index (χ4v) is 4.30. The van der Waals surface area contributed by atoms with Crippen LogP contribution in [0, 0.1) is 0 Å². The summed E-state index contributed by atoms with van der Waals surface area (Å²) in [6.45, 7) is 0.432. The zero-order chi connectivity index (χ0) is 18.4. The summed E-state index contributed by atoms with van der Waals surface area (Å²) in [6.07, 6.45) is 14.6. The first kappa shape index (κ1) is 19.2. The third kappa shape index (κ3) is 4.78. The van der Waals surface area contributed by atoms with Crippen molar-refractivity contribution in [3.63, 3.8) is 0 Å². The average Bonchev–Trinajstić information content (AvgIpc) is 3.18. The molecule has 1 aromatic rings. The third-order valence-electron chi connectivity index (χ3n) is 5.75. The summed E-state index contributed by atoms with van der Waals surface area (Å²) in [7, 11) is 0. The lowest BCUT2D eigenvalue weighted by atomic mass is 9.81. The highest BCUT2D eigenvalue weighted by atomic mass is 35.5. The molecule has 0 atom stereocenters. The van der Waals surface area contributed by atoms with Crippen LogP contribution < -0.4 is 10.6 Å². The molecule has 0 aromatic carbocycles. The lowest BCUT2D eigenvalue weighted by molar-refractivity contribution is -0.119. The Balaban J connectivity index is 1.65. The average molecular weight is 381 g/mol. The molecule has 0 bridgehead atoms. The fourth-order valence-electron chi connectivity index (χ4n) is 4.20. The molecule has 0 unspecified atom stereocenters. The summed E-state index contributed by atoms with van der Waals surface area (Å²) in [5, 5.41) is 10.5. The van der Waals surface area contributed by atoms with Crippen molar-refractivity contribution in [2.75, 3.05) is 12.4 Å². The van der Waals surface area contributed by atoms with Gasteiger partial charge in [-0.1, -0.05) is 38.5 Å². The van der Waals surface area contributed by atoms with Crippen LogP contribution in [0.2, 0.25) is 0 Å². The van der Waals surface area contributed by atoms with Crippen LogP contribution in [0.1, 0.15) is 80.6 Å². The van der Waals surface area contributed by atoms with Crippen LogP contribution in [0.4, 0.5) is 0 Å². The molecule has 144 valence electrons. The van der Waals surface area contributed by atoms with Crippen LogP contribution >= 0.6 is 11.6 Å². The van der Waals surface area contributed by atoms with Crippen molar-refractivity contribution in [2.45, 2.75) is 75.8 Å². The lowest BCUT2D eigenvalue weighted by Crippen LogP contribution is -2.56. The van der Waals surface area contributed by atoms with Crippen molar-refractivity contribution in [3.8, 4) is 0 Å². The molecule has 3 rings (SSSR count). The van der Waals surface area contributed by atoms with Crippen LogP contribution in [-0.2, 0) is 4.79 Å². The molecule has 26 heavy (non-hydrogen) atoms. The molecule has 2 aliphatic carbocycles. The molecular weight excluding hydrogens is 352 g/mol. The van der Waals surface area contributed by atoms with Gasteiger partial charge in [0.2, 0.25) is 5.91 Å². The topological polar surface area (TPSA) is 76.0 Å². The van der Waals surface area contributed by atoms with Gasteiger partial charge in [-0.3, -0.25) is 14.3 Å². The Morgan fingerprint density at radius 3 is 2.54 bits per heavy atom. The molecule has 1 aromatic heterocycles. The first-order valence-corrected chi connectivity index (χ1v) is 10.3. The highest BCUT2D eigenvalue weighted by Gasteiger charge is 2.34. The zero-order valence-corrected chi connectivity index (χ0v) is 16.1. The van der Waals surface area contributed by atoms with Crippen molar-refractivity contribution in [1.82, 2.24) is 20.4 Å². The molecule has 2 amide bonds. The van der Waals surface area contributed by atoms with Gasteiger partial charge in [-0.2, -0.15) is 5.10 Å². The number of nitrogens with zero attached hydrogens (tertiary/aromatic N) is 2. The standard InChI is InChI=1S/C19H29ClN4O2/c20-11-17(25)21-14-19(9-5-2-6-10-19)23-18(26)15-12-22-24(13-15)16-7-3-1-4-8-16/h12-13,16H,1-11,14H2,(H,21,25)(H,23,26). The minimum atomic E-state index is -0.385. The summed E-state index contributed by atoms with van der Waals surface area (Å²) in [5.41, 5.74) is 0.216. The van der Waals surface area contributed by atoms with E-state index in [1.54, 1.807) is 6.20 Å². The Kier molecular flexibility index (Phi) is 6.57. The van der Waals surface area contributed by atoms with E-state index in [0.717, 1.165) is 38.5 Å². The van der Waals surface area contributed by atoms with E-state index in [0.29, 0.717) is 18.2 Å². The number of carbonyl (C=O) groups excluding carboxylic acids is 2. The van der Waals surface area contributed by atoms with E-state index in [-0.39, 0.29) is 23.2 Å². The number of amides is 2. The van der Waals surface area contributed by atoms with Crippen LogP contribution in [0.25, 0.3) is 0 Å². The number of alkyl halides is 1. The minimum absolute atomic E-state index is 0.0574. The predicted octanol–water partition coefficient (Wildman–Crippen LogP) is 3.18. The van der Waals surface area contributed by atoms with Crippen molar-refractivity contribution < 1.29 is 9.59 Å². The molecule has 7 heteroatoms. The van der Waals surface area contributed by atoms with Gasteiger partial charge in [0, 0.05) is 12.7 Å². The smallest absolute Gasteiger partial charge is 0.254 e. The molecule has 2 saturated carbocycles. The summed E-state index contributed by atoms with van der Waals surface area (Å²) in [6, 6.07) is 0.414. The van der Waals surface area contributed by atoms with E-state index in [4.69, 9.17) is 11.6 Å². The van der Waals surface area contributed by atoms with Gasteiger partial charge in [0.05, 0.1) is 23.3 Å². The van der Waals surface area contributed by atoms with Gasteiger partial charge in [0.15, 0.2) is 0 Å². The van der Waals surface area contributed by atoms with Crippen molar-refractivity contribution in [2.24, 2.45) is 0 Å². The van der Waals surface area contributed by atoms with Crippen molar-refractivity contribution >= 4 is 23.4 Å². The van der Waals surface area contributed by atoms with Crippen molar-refractivity contribution in [1.29, 1.82) is 0 Å². The molecule has 0 aliphatic heterocycles. The van der Waals surface area contributed by atoms with Gasteiger partial charge in [-0.05, 0) is 25.7 Å². The molecule has 2 fully saturated rings. The van der Waals surface area contributed by atoms with E-state index in [9.17, 15) is 9.59 Å². The number of aromatic nitrogens is 2. The van der Waals surface area contributed by atoms with E-state index in [1.807, 2.05) is 10.9 Å². The Hall–Kier alpha value is -1.56. The number of carbonyl (C=O) groups is 2. The van der Waals surface area contributed by atoms with Gasteiger partial charge < -0.3 is 10.6 Å². The van der Waals surface area contributed by atoms with Gasteiger partial charge in [0.25, 0.3) is 5.91 Å². The summed E-state index contributed by atoms with van der Waals surface area (Å²) in [5.74, 6) is -0.358. The first-order valence-electron chi connectivity index (χ1n) is 9.81. The molecule has 2 aliphatic rings. The molecule has 1 heterocycles. The van der Waals surface area contributed by atoms with Crippen LogP contribution in [0.3, 0.4) is 0 Å². The van der Waals surface area contributed by atoms with Crippen molar-refractivity contribution in [3.05, 3.63) is 18.0 Å². The Labute approximate surface area is 160 Å². The first-order chi connectivity index (χ1) is 12.6. The number of halogens is 1. The van der Waals surface area contributed by atoms with Crippen LogP contribution in [0.5, 0.6) is 0 Å². The highest BCUT2D eigenvalue weighted by molar-refractivity contribution is 6.27. The normalized spacial score (nSPS) is 20.5. The number of nitrogens with one attached hydrogen (secondary N) is 2. The Bertz CT molecular complexity index is 619. The Morgan fingerprint density at radius 1 is 1.15 bits per heavy atom. The van der Waals surface area contributed by atoms with Gasteiger partial charge in [0.1, 0.15) is 5.88 Å². The fraction of sp³-hybridized carbons (Fsp3) is 0.737. The molecular formula is C19H29ClN4O2. The monoisotopic (exact) mass is 380 g/mol. The quantitative estimate of drug-likeness (QED) is 0.744. The van der Waals surface area contributed by atoms with E-state index < -0.39 is 0 Å². The highest BCUT2D eigenvalue weighted by Crippen LogP contribution is 2.29. The minimum Gasteiger partial charge on any atom is -0.353 e. The molecule has 2 N–H and O–H groups in total. The summed E-state index contributed by atoms with van der Waals surface area (Å²) in [4.78, 5) is 24.4. The maximum Gasteiger partial charge on any atom is 0.254 e. The summed E-state index contributed by atoms with van der Waals surface area (Å²) < 4.78 is 1.96. The van der Waals surface area contributed by atoms with Gasteiger partial charge >= 0.3 is 0 Å². The second-order valence-corrected chi connectivity index (χ2v) is 7.97. The third-order valence-corrected chi connectivity index (χ3v) is 5.99.